The van der Waals surface area contributed by atoms with Crippen molar-refractivity contribution in [1.29, 1.82) is 0 Å². The van der Waals surface area contributed by atoms with Crippen LogP contribution in [-0.4, -0.2) is 71.6 Å². The smallest absolute Gasteiger partial charge is 0.241 e. The van der Waals surface area contributed by atoms with E-state index < -0.39 is 0 Å². The molecule has 0 fully saturated rings. The molecule has 0 spiro atoms. The van der Waals surface area contributed by atoms with E-state index in [1.165, 1.54) is 16.7 Å². The first-order chi connectivity index (χ1) is 13.0. The lowest BCUT2D eigenvalue weighted by Gasteiger charge is -2.11. The molecule has 0 atom stereocenters. The Kier molecular flexibility index (Phi) is 8.28. The molecule has 0 radical (unpaired) electrons. The Hall–Kier alpha value is -2.39. The molecule has 27 heavy (non-hydrogen) atoms. The molecule has 2 rings (SSSR count). The highest BCUT2D eigenvalue weighted by molar-refractivity contribution is 7.99. The van der Waals surface area contributed by atoms with Crippen LogP contribution < -0.4 is 5.32 Å². The number of ether oxygens (including phenoxy) is 1. The standard InChI is InChI=1S/C18H25N5O3S/c1-22(2)17(25)12-19-16(24)13-27-18-21-20-15(23(18)9-10-26-3)11-14-7-5-4-6-8-14/h4-8H,9-13H2,1-3H3,(H,19,24). The summed E-state index contributed by atoms with van der Waals surface area (Å²) in [4.78, 5) is 25.0. The number of carbonyl (C=O) groups excluding carboxylic acids is 2. The zero-order valence-electron chi connectivity index (χ0n) is 15.8. The van der Waals surface area contributed by atoms with Crippen molar-refractivity contribution in [2.24, 2.45) is 0 Å². The number of rotatable bonds is 10. The first-order valence-corrected chi connectivity index (χ1v) is 9.54. The Balaban J connectivity index is 1.98. The minimum absolute atomic E-state index is 0.0119. The van der Waals surface area contributed by atoms with Crippen LogP contribution in [0.15, 0.2) is 35.5 Å². The predicted molar refractivity (Wildman–Crippen MR) is 104 cm³/mol. The van der Waals surface area contributed by atoms with E-state index >= 15 is 0 Å². The number of nitrogens with zero attached hydrogens (tertiary/aromatic N) is 4. The van der Waals surface area contributed by atoms with Gasteiger partial charge >= 0.3 is 0 Å². The van der Waals surface area contributed by atoms with Crippen LogP contribution in [0.2, 0.25) is 0 Å². The van der Waals surface area contributed by atoms with Gasteiger partial charge < -0.3 is 19.5 Å². The second-order valence-corrected chi connectivity index (χ2v) is 7.00. The number of amides is 2. The summed E-state index contributed by atoms with van der Waals surface area (Å²) in [7, 11) is 4.94. The Morgan fingerprint density at radius 1 is 1.22 bits per heavy atom. The molecule has 1 aromatic heterocycles. The maximum Gasteiger partial charge on any atom is 0.241 e. The quantitative estimate of drug-likeness (QED) is 0.603. The SMILES string of the molecule is COCCn1c(Cc2ccccc2)nnc1SCC(=O)NCC(=O)N(C)C. The predicted octanol–water partition coefficient (Wildman–Crippen LogP) is 0.812. The molecule has 0 saturated heterocycles. The number of benzene rings is 1. The summed E-state index contributed by atoms with van der Waals surface area (Å²) in [5.41, 5.74) is 1.14. The fourth-order valence-electron chi connectivity index (χ4n) is 2.26. The van der Waals surface area contributed by atoms with Gasteiger partial charge in [0.2, 0.25) is 11.8 Å². The second kappa shape index (κ2) is 10.7. The first-order valence-electron chi connectivity index (χ1n) is 8.56. The third-order valence-corrected chi connectivity index (χ3v) is 4.75. The summed E-state index contributed by atoms with van der Waals surface area (Å²) in [5.74, 6) is 0.615. The Labute approximate surface area is 163 Å². The number of likely N-dealkylation sites (N-methyl/N-ethyl adjacent to an activating group) is 1. The van der Waals surface area contributed by atoms with E-state index in [9.17, 15) is 9.59 Å². The second-order valence-electron chi connectivity index (χ2n) is 6.06. The van der Waals surface area contributed by atoms with Gasteiger partial charge in [0.25, 0.3) is 0 Å². The van der Waals surface area contributed by atoms with E-state index in [4.69, 9.17) is 4.74 Å². The van der Waals surface area contributed by atoms with Crippen LogP contribution >= 0.6 is 11.8 Å². The lowest BCUT2D eigenvalue weighted by atomic mass is 10.1. The Bertz CT molecular complexity index is 749. The molecule has 0 bridgehead atoms. The maximum atomic E-state index is 12.0. The molecule has 2 amide bonds. The summed E-state index contributed by atoms with van der Waals surface area (Å²) < 4.78 is 7.15. The first kappa shape index (κ1) is 20.9. The summed E-state index contributed by atoms with van der Waals surface area (Å²) in [5, 5.41) is 11.8. The highest BCUT2D eigenvalue weighted by Crippen LogP contribution is 2.18. The molecule has 146 valence electrons. The van der Waals surface area contributed by atoms with E-state index in [1.807, 2.05) is 34.9 Å². The van der Waals surface area contributed by atoms with E-state index in [-0.39, 0.29) is 24.1 Å². The lowest BCUT2D eigenvalue weighted by molar-refractivity contribution is -0.130. The van der Waals surface area contributed by atoms with Crippen molar-refractivity contribution in [3.05, 3.63) is 41.7 Å². The maximum absolute atomic E-state index is 12.0. The van der Waals surface area contributed by atoms with Crippen molar-refractivity contribution < 1.29 is 14.3 Å². The van der Waals surface area contributed by atoms with Gasteiger partial charge in [-0.25, -0.2) is 0 Å². The topological polar surface area (TPSA) is 89.3 Å². The van der Waals surface area contributed by atoms with E-state index in [2.05, 4.69) is 15.5 Å². The average Bonchev–Trinajstić information content (AvgIpc) is 3.04. The molecule has 0 unspecified atom stereocenters. The van der Waals surface area contributed by atoms with Crippen molar-refractivity contribution in [2.75, 3.05) is 40.1 Å². The van der Waals surface area contributed by atoms with E-state index in [0.29, 0.717) is 24.7 Å². The third-order valence-electron chi connectivity index (χ3n) is 3.79. The molecule has 0 saturated carbocycles. The normalized spacial score (nSPS) is 10.6. The van der Waals surface area contributed by atoms with Gasteiger partial charge in [-0.3, -0.25) is 9.59 Å². The minimum atomic E-state index is -0.221. The molecule has 0 aliphatic heterocycles. The monoisotopic (exact) mass is 391 g/mol. The van der Waals surface area contributed by atoms with Crippen molar-refractivity contribution in [2.45, 2.75) is 18.1 Å². The van der Waals surface area contributed by atoms with Gasteiger partial charge in [-0.2, -0.15) is 0 Å². The highest BCUT2D eigenvalue weighted by Gasteiger charge is 2.15. The van der Waals surface area contributed by atoms with Gasteiger partial charge in [0.15, 0.2) is 5.16 Å². The van der Waals surface area contributed by atoms with E-state index in [0.717, 1.165) is 11.4 Å². The molecular formula is C18H25N5O3S. The van der Waals surface area contributed by atoms with Crippen molar-refractivity contribution in [3.63, 3.8) is 0 Å². The van der Waals surface area contributed by atoms with Crippen molar-refractivity contribution >= 4 is 23.6 Å². The van der Waals surface area contributed by atoms with Crippen LogP contribution in [0, 0.1) is 0 Å². The summed E-state index contributed by atoms with van der Waals surface area (Å²) in [6.07, 6.45) is 0.654. The van der Waals surface area contributed by atoms with Crippen molar-refractivity contribution in [1.82, 2.24) is 25.0 Å². The number of thioether (sulfide) groups is 1. The molecule has 2 aromatic rings. The molecule has 8 nitrogen and oxygen atoms in total. The summed E-state index contributed by atoms with van der Waals surface area (Å²) >= 11 is 1.29. The molecule has 1 N–H and O–H groups in total. The van der Waals surface area contributed by atoms with Gasteiger partial charge in [-0.05, 0) is 5.56 Å². The minimum Gasteiger partial charge on any atom is -0.383 e. The van der Waals surface area contributed by atoms with Crippen LogP contribution in [0.4, 0.5) is 0 Å². The van der Waals surface area contributed by atoms with Gasteiger partial charge in [-0.15, -0.1) is 10.2 Å². The van der Waals surface area contributed by atoms with Gasteiger partial charge in [-0.1, -0.05) is 42.1 Å². The molecule has 1 aromatic carbocycles. The van der Waals surface area contributed by atoms with Gasteiger partial charge in [0.1, 0.15) is 5.82 Å². The number of carbonyl (C=O) groups is 2. The molecular weight excluding hydrogens is 366 g/mol. The fourth-order valence-corrected chi connectivity index (χ4v) is 3.07. The molecule has 0 aliphatic carbocycles. The number of methoxy groups -OCH3 is 1. The van der Waals surface area contributed by atoms with Crippen molar-refractivity contribution in [3.8, 4) is 0 Å². The number of nitrogens with one attached hydrogen (secondary N) is 1. The van der Waals surface area contributed by atoms with Gasteiger partial charge in [0.05, 0.1) is 18.9 Å². The molecule has 1 heterocycles. The Morgan fingerprint density at radius 2 is 1.96 bits per heavy atom. The molecule has 0 aliphatic rings. The number of aromatic nitrogens is 3. The molecule has 9 heteroatoms. The summed E-state index contributed by atoms with van der Waals surface area (Å²) in [6, 6.07) is 10.0. The zero-order valence-corrected chi connectivity index (χ0v) is 16.7. The number of hydrogen-bond donors (Lipinski definition) is 1. The number of hydrogen-bond acceptors (Lipinski definition) is 6. The highest BCUT2D eigenvalue weighted by atomic mass is 32.2. The van der Waals surface area contributed by atoms with Crippen LogP contribution in [-0.2, 0) is 27.3 Å². The third kappa shape index (κ3) is 6.69. The lowest BCUT2D eigenvalue weighted by Crippen LogP contribution is -2.37. The fraction of sp³-hybridized carbons (Fsp3) is 0.444. The zero-order chi connectivity index (χ0) is 19.6. The van der Waals surface area contributed by atoms with Crippen LogP contribution in [0.1, 0.15) is 11.4 Å². The van der Waals surface area contributed by atoms with Crippen LogP contribution in [0.5, 0.6) is 0 Å². The average molecular weight is 391 g/mol. The van der Waals surface area contributed by atoms with Crippen LogP contribution in [0.3, 0.4) is 0 Å². The van der Waals surface area contributed by atoms with E-state index in [1.54, 1.807) is 21.2 Å². The summed E-state index contributed by atoms with van der Waals surface area (Å²) in [6.45, 7) is 1.12. The van der Waals surface area contributed by atoms with Crippen LogP contribution in [0.25, 0.3) is 0 Å². The Morgan fingerprint density at radius 3 is 2.63 bits per heavy atom. The van der Waals surface area contributed by atoms with Gasteiger partial charge in [0, 0.05) is 34.2 Å². The largest absolute Gasteiger partial charge is 0.383 e.